The molecule has 0 spiro atoms. The van der Waals surface area contributed by atoms with Crippen LogP contribution in [0.1, 0.15) is 29.8 Å². The number of nitrogens with zero attached hydrogens (tertiary/aromatic N) is 1. The molecule has 2 rings (SSSR count). The molecule has 1 aliphatic rings. The van der Waals surface area contributed by atoms with Crippen molar-refractivity contribution in [2.75, 3.05) is 26.0 Å². The molecule has 6 heteroatoms. The molecule has 0 unspecified atom stereocenters. The molecule has 5 nitrogen and oxygen atoms in total. The van der Waals surface area contributed by atoms with Gasteiger partial charge in [-0.1, -0.05) is 6.07 Å². The predicted octanol–water partition coefficient (Wildman–Crippen LogP) is 1.65. The number of rotatable bonds is 2. The summed E-state index contributed by atoms with van der Waals surface area (Å²) < 4.78 is 28.8. The van der Waals surface area contributed by atoms with Crippen LogP contribution < -0.4 is 0 Å². The van der Waals surface area contributed by atoms with Crippen molar-refractivity contribution in [3.8, 4) is 0 Å². The summed E-state index contributed by atoms with van der Waals surface area (Å²) in [5.74, 6) is -0.147. The number of morpholine rings is 1. The van der Waals surface area contributed by atoms with Crippen molar-refractivity contribution in [1.29, 1.82) is 0 Å². The molecule has 1 aromatic carbocycles. The first kappa shape index (κ1) is 16.0. The Bertz CT molecular complexity index is 664. The van der Waals surface area contributed by atoms with Gasteiger partial charge in [0.15, 0.2) is 9.84 Å². The number of amides is 1. The van der Waals surface area contributed by atoms with Crippen molar-refractivity contribution in [2.45, 2.75) is 31.2 Å². The molecule has 1 saturated heterocycles. The Morgan fingerprint density at radius 3 is 2.57 bits per heavy atom. The molecule has 0 radical (unpaired) electrons. The van der Waals surface area contributed by atoms with Gasteiger partial charge in [-0.3, -0.25) is 4.79 Å². The van der Waals surface area contributed by atoms with E-state index in [1.54, 1.807) is 11.0 Å². The number of aryl methyl sites for hydroxylation is 1. The highest BCUT2D eigenvalue weighted by molar-refractivity contribution is 7.90. The van der Waals surface area contributed by atoms with E-state index < -0.39 is 15.4 Å². The molecule has 21 heavy (non-hydrogen) atoms. The summed E-state index contributed by atoms with van der Waals surface area (Å²) in [7, 11) is -3.33. The molecule has 0 aromatic heterocycles. The van der Waals surface area contributed by atoms with Crippen LogP contribution in [0.15, 0.2) is 23.1 Å². The van der Waals surface area contributed by atoms with Crippen LogP contribution in [0.4, 0.5) is 0 Å². The first-order valence-electron chi connectivity index (χ1n) is 6.83. The van der Waals surface area contributed by atoms with E-state index in [-0.39, 0.29) is 10.8 Å². The molecule has 1 amide bonds. The maximum Gasteiger partial charge on any atom is 0.254 e. The second kappa shape index (κ2) is 5.42. The Labute approximate surface area is 125 Å². The molecule has 0 N–H and O–H groups in total. The van der Waals surface area contributed by atoms with Crippen LogP contribution in [0.25, 0.3) is 0 Å². The van der Waals surface area contributed by atoms with E-state index in [1.165, 1.54) is 12.1 Å². The van der Waals surface area contributed by atoms with E-state index in [4.69, 9.17) is 4.74 Å². The second-order valence-electron chi connectivity index (χ2n) is 6.07. The van der Waals surface area contributed by atoms with Gasteiger partial charge in [0.1, 0.15) is 0 Å². The SMILES string of the molecule is Cc1ccc(S(C)(=O)=O)cc1C(=O)N1CCOCC1(C)C. The number of ether oxygens (including phenoxy) is 1. The van der Waals surface area contributed by atoms with E-state index in [9.17, 15) is 13.2 Å². The number of sulfone groups is 1. The van der Waals surface area contributed by atoms with Crippen molar-refractivity contribution >= 4 is 15.7 Å². The smallest absolute Gasteiger partial charge is 0.254 e. The molecule has 116 valence electrons. The van der Waals surface area contributed by atoms with Gasteiger partial charge >= 0.3 is 0 Å². The third-order valence-corrected chi connectivity index (χ3v) is 4.87. The number of hydrogen-bond donors (Lipinski definition) is 0. The lowest BCUT2D eigenvalue weighted by atomic mass is 9.99. The van der Waals surface area contributed by atoms with Crippen LogP contribution in [0.5, 0.6) is 0 Å². The van der Waals surface area contributed by atoms with E-state index in [0.717, 1.165) is 11.8 Å². The van der Waals surface area contributed by atoms with E-state index >= 15 is 0 Å². The predicted molar refractivity (Wildman–Crippen MR) is 80.2 cm³/mol. The molecule has 0 atom stereocenters. The fraction of sp³-hybridized carbons (Fsp3) is 0.533. The Kier molecular flexibility index (Phi) is 4.13. The first-order chi connectivity index (χ1) is 9.63. The minimum atomic E-state index is -3.33. The topological polar surface area (TPSA) is 63.7 Å². The molecule has 0 saturated carbocycles. The Balaban J connectivity index is 2.43. The molecule has 1 fully saturated rings. The number of benzene rings is 1. The largest absolute Gasteiger partial charge is 0.377 e. The number of carbonyl (C=O) groups excluding carboxylic acids is 1. The summed E-state index contributed by atoms with van der Waals surface area (Å²) in [4.78, 5) is 14.7. The minimum Gasteiger partial charge on any atom is -0.377 e. The van der Waals surface area contributed by atoms with Crippen LogP contribution in [0.2, 0.25) is 0 Å². The molecule has 0 aliphatic carbocycles. The summed E-state index contributed by atoms with van der Waals surface area (Å²) >= 11 is 0. The Morgan fingerprint density at radius 1 is 1.33 bits per heavy atom. The van der Waals surface area contributed by atoms with Crippen molar-refractivity contribution in [3.63, 3.8) is 0 Å². The fourth-order valence-corrected chi connectivity index (χ4v) is 3.09. The van der Waals surface area contributed by atoms with Gasteiger partial charge in [-0.2, -0.15) is 0 Å². The van der Waals surface area contributed by atoms with Crippen LogP contribution in [0.3, 0.4) is 0 Å². The zero-order valence-corrected chi connectivity index (χ0v) is 13.7. The van der Waals surface area contributed by atoms with Gasteiger partial charge in [0.2, 0.25) is 0 Å². The van der Waals surface area contributed by atoms with Crippen molar-refractivity contribution < 1.29 is 17.9 Å². The van der Waals surface area contributed by atoms with Gasteiger partial charge < -0.3 is 9.64 Å². The van der Waals surface area contributed by atoms with Crippen molar-refractivity contribution in [2.24, 2.45) is 0 Å². The van der Waals surface area contributed by atoms with E-state index in [0.29, 0.717) is 25.3 Å². The van der Waals surface area contributed by atoms with Gasteiger partial charge in [-0.25, -0.2) is 8.42 Å². The monoisotopic (exact) mass is 311 g/mol. The molecule has 1 aromatic rings. The number of carbonyl (C=O) groups is 1. The molecular formula is C15H21NO4S. The van der Waals surface area contributed by atoms with Crippen LogP contribution >= 0.6 is 0 Å². The zero-order valence-electron chi connectivity index (χ0n) is 12.8. The van der Waals surface area contributed by atoms with E-state index in [1.807, 2.05) is 20.8 Å². The summed E-state index contributed by atoms with van der Waals surface area (Å²) in [6, 6.07) is 4.68. The van der Waals surface area contributed by atoms with E-state index in [2.05, 4.69) is 0 Å². The third-order valence-electron chi connectivity index (χ3n) is 3.76. The highest BCUT2D eigenvalue weighted by atomic mass is 32.2. The standard InChI is InChI=1S/C15H21NO4S/c1-11-5-6-12(21(4,18)19)9-13(11)14(17)16-7-8-20-10-15(16,2)3/h5-6,9H,7-8,10H2,1-4H3. The molecule has 0 bridgehead atoms. The Morgan fingerprint density at radius 2 is 2.00 bits per heavy atom. The lowest BCUT2D eigenvalue weighted by Crippen LogP contribution is -2.55. The second-order valence-corrected chi connectivity index (χ2v) is 8.09. The van der Waals surface area contributed by atoms with Gasteiger partial charge in [-0.05, 0) is 38.5 Å². The van der Waals surface area contributed by atoms with Crippen molar-refractivity contribution in [3.05, 3.63) is 29.3 Å². The van der Waals surface area contributed by atoms with Crippen LogP contribution in [0, 0.1) is 6.92 Å². The molecule has 1 heterocycles. The lowest BCUT2D eigenvalue weighted by Gasteiger charge is -2.42. The van der Waals surface area contributed by atoms with Crippen molar-refractivity contribution in [1.82, 2.24) is 4.90 Å². The third kappa shape index (κ3) is 3.27. The average molecular weight is 311 g/mol. The number of hydrogen-bond acceptors (Lipinski definition) is 4. The van der Waals surface area contributed by atoms with Gasteiger partial charge in [-0.15, -0.1) is 0 Å². The first-order valence-corrected chi connectivity index (χ1v) is 8.72. The highest BCUT2D eigenvalue weighted by Crippen LogP contribution is 2.24. The maximum atomic E-state index is 12.8. The van der Waals surface area contributed by atoms with Gasteiger partial charge in [0.05, 0.1) is 23.6 Å². The lowest BCUT2D eigenvalue weighted by molar-refractivity contribution is -0.0371. The van der Waals surface area contributed by atoms with Crippen LogP contribution in [-0.2, 0) is 14.6 Å². The average Bonchev–Trinajstić information content (AvgIpc) is 2.36. The molecular weight excluding hydrogens is 290 g/mol. The van der Waals surface area contributed by atoms with Crippen LogP contribution in [-0.4, -0.2) is 50.8 Å². The molecule has 1 aliphatic heterocycles. The zero-order chi connectivity index (χ0) is 15.8. The fourth-order valence-electron chi connectivity index (χ4n) is 2.44. The normalized spacial score (nSPS) is 18.6. The quantitative estimate of drug-likeness (QED) is 0.833. The highest BCUT2D eigenvalue weighted by Gasteiger charge is 2.35. The maximum absolute atomic E-state index is 12.8. The minimum absolute atomic E-state index is 0.147. The summed E-state index contributed by atoms with van der Waals surface area (Å²) in [6.45, 7) is 7.18. The van der Waals surface area contributed by atoms with Gasteiger partial charge in [0, 0.05) is 18.4 Å². The summed E-state index contributed by atoms with van der Waals surface area (Å²) in [5.41, 5.74) is 0.811. The summed E-state index contributed by atoms with van der Waals surface area (Å²) in [5, 5.41) is 0. The Hall–Kier alpha value is -1.40. The summed E-state index contributed by atoms with van der Waals surface area (Å²) in [6.07, 6.45) is 1.14. The van der Waals surface area contributed by atoms with Gasteiger partial charge in [0.25, 0.3) is 5.91 Å².